The van der Waals surface area contributed by atoms with E-state index in [1.807, 2.05) is 6.92 Å². The molecule has 19 heavy (non-hydrogen) atoms. The fourth-order valence-electron chi connectivity index (χ4n) is 2.02. The number of aryl methyl sites for hydroxylation is 1. The summed E-state index contributed by atoms with van der Waals surface area (Å²) >= 11 is 1.66. The van der Waals surface area contributed by atoms with Crippen molar-refractivity contribution in [1.29, 1.82) is 0 Å². The van der Waals surface area contributed by atoms with Crippen LogP contribution in [0.5, 0.6) is 0 Å². The first-order valence-electron chi connectivity index (χ1n) is 6.35. The smallest absolute Gasteiger partial charge is 0.409 e. The van der Waals surface area contributed by atoms with Gasteiger partial charge in [0, 0.05) is 38.1 Å². The van der Waals surface area contributed by atoms with E-state index in [1.54, 1.807) is 16.2 Å². The Labute approximate surface area is 116 Å². The van der Waals surface area contributed by atoms with Crippen molar-refractivity contribution in [2.24, 2.45) is 0 Å². The molecule has 2 rings (SSSR count). The summed E-state index contributed by atoms with van der Waals surface area (Å²) in [5, 5.41) is 11.8. The van der Waals surface area contributed by atoms with E-state index in [0.717, 1.165) is 30.3 Å². The van der Waals surface area contributed by atoms with Crippen LogP contribution in [0.15, 0.2) is 5.38 Å². The Bertz CT molecular complexity index is 416. The fourth-order valence-corrected chi connectivity index (χ4v) is 2.63. The molecule has 1 aromatic rings. The van der Waals surface area contributed by atoms with Crippen LogP contribution >= 0.6 is 11.3 Å². The Morgan fingerprint density at radius 1 is 1.47 bits per heavy atom. The van der Waals surface area contributed by atoms with Crippen molar-refractivity contribution in [3.05, 3.63) is 16.1 Å². The van der Waals surface area contributed by atoms with Gasteiger partial charge in [-0.3, -0.25) is 4.90 Å². The molecule has 1 fully saturated rings. The van der Waals surface area contributed by atoms with Crippen LogP contribution in [0.2, 0.25) is 0 Å². The van der Waals surface area contributed by atoms with Gasteiger partial charge in [-0.25, -0.2) is 9.78 Å². The summed E-state index contributed by atoms with van der Waals surface area (Å²) in [6.45, 7) is 5.75. The van der Waals surface area contributed by atoms with E-state index in [4.69, 9.17) is 9.84 Å². The third kappa shape index (κ3) is 4.15. The van der Waals surface area contributed by atoms with Crippen LogP contribution in [0.1, 0.15) is 10.7 Å². The van der Waals surface area contributed by atoms with Gasteiger partial charge in [-0.1, -0.05) is 0 Å². The van der Waals surface area contributed by atoms with E-state index in [-0.39, 0.29) is 19.3 Å². The molecule has 1 N–H and O–H groups in total. The molecule has 0 radical (unpaired) electrons. The molecule has 2 heterocycles. The number of piperazine rings is 1. The summed E-state index contributed by atoms with van der Waals surface area (Å²) in [6.07, 6.45) is -0.335. The minimum Gasteiger partial charge on any atom is -0.447 e. The lowest BCUT2D eigenvalue weighted by atomic mass is 10.3. The molecule has 0 unspecified atom stereocenters. The highest BCUT2D eigenvalue weighted by molar-refractivity contribution is 7.09. The maximum Gasteiger partial charge on any atom is 0.409 e. The van der Waals surface area contributed by atoms with Crippen LogP contribution in [0, 0.1) is 6.92 Å². The number of aliphatic hydroxyl groups excluding tert-OH is 1. The summed E-state index contributed by atoms with van der Waals surface area (Å²) in [5.41, 5.74) is 1.10. The van der Waals surface area contributed by atoms with Crippen LogP contribution in [0.25, 0.3) is 0 Å². The van der Waals surface area contributed by atoms with Gasteiger partial charge < -0.3 is 14.7 Å². The monoisotopic (exact) mass is 285 g/mol. The van der Waals surface area contributed by atoms with Crippen LogP contribution in [0.4, 0.5) is 4.79 Å². The van der Waals surface area contributed by atoms with Crippen molar-refractivity contribution in [3.8, 4) is 0 Å². The molecule has 1 saturated heterocycles. The molecule has 0 spiro atoms. The zero-order valence-corrected chi connectivity index (χ0v) is 11.9. The van der Waals surface area contributed by atoms with E-state index >= 15 is 0 Å². The fraction of sp³-hybridized carbons (Fsp3) is 0.667. The Morgan fingerprint density at radius 3 is 2.79 bits per heavy atom. The lowest BCUT2D eigenvalue weighted by molar-refractivity contribution is 0.0628. The van der Waals surface area contributed by atoms with E-state index in [1.165, 1.54) is 0 Å². The van der Waals surface area contributed by atoms with Gasteiger partial charge in [0.15, 0.2) is 0 Å². The Hall–Kier alpha value is -1.18. The second kappa shape index (κ2) is 6.83. The quantitative estimate of drug-likeness (QED) is 0.882. The van der Waals surface area contributed by atoms with Crippen LogP contribution in [0.3, 0.4) is 0 Å². The van der Waals surface area contributed by atoms with E-state index < -0.39 is 0 Å². The number of hydrogen-bond acceptors (Lipinski definition) is 6. The largest absolute Gasteiger partial charge is 0.447 e. The van der Waals surface area contributed by atoms with E-state index in [9.17, 15) is 4.79 Å². The number of hydrogen-bond donors (Lipinski definition) is 1. The van der Waals surface area contributed by atoms with Crippen LogP contribution in [-0.2, 0) is 11.3 Å². The molecule has 1 amide bonds. The van der Waals surface area contributed by atoms with Gasteiger partial charge in [0.1, 0.15) is 6.61 Å². The molecule has 0 bridgehead atoms. The van der Waals surface area contributed by atoms with E-state index in [0.29, 0.717) is 13.1 Å². The third-order valence-corrected chi connectivity index (χ3v) is 3.82. The van der Waals surface area contributed by atoms with E-state index in [2.05, 4.69) is 15.3 Å². The summed E-state index contributed by atoms with van der Waals surface area (Å²) in [4.78, 5) is 20.0. The first kappa shape index (κ1) is 14.2. The van der Waals surface area contributed by atoms with Gasteiger partial charge in [-0.05, 0) is 6.92 Å². The molecular weight excluding hydrogens is 266 g/mol. The predicted octanol–water partition coefficient (Wildman–Crippen LogP) is 0.698. The predicted molar refractivity (Wildman–Crippen MR) is 72.1 cm³/mol. The average molecular weight is 285 g/mol. The lowest BCUT2D eigenvalue weighted by Crippen LogP contribution is -2.48. The average Bonchev–Trinajstić information content (AvgIpc) is 2.82. The first-order valence-corrected chi connectivity index (χ1v) is 7.23. The molecule has 1 aromatic heterocycles. The highest BCUT2D eigenvalue weighted by Gasteiger charge is 2.22. The molecular formula is C12H19N3O3S. The number of ether oxygens (including phenoxy) is 1. The third-order valence-electron chi connectivity index (χ3n) is 3.00. The highest BCUT2D eigenvalue weighted by Crippen LogP contribution is 2.12. The second-order valence-electron chi connectivity index (χ2n) is 4.46. The molecule has 1 aliphatic rings. The van der Waals surface area contributed by atoms with Gasteiger partial charge in [0.25, 0.3) is 0 Å². The van der Waals surface area contributed by atoms with Gasteiger partial charge in [-0.15, -0.1) is 11.3 Å². The molecule has 106 valence electrons. The SMILES string of the molecule is Cc1nc(CN2CCN(C(=O)OCCO)CC2)cs1. The topological polar surface area (TPSA) is 65.9 Å². The number of rotatable bonds is 4. The molecule has 0 atom stereocenters. The van der Waals surface area contributed by atoms with Crippen LogP contribution in [-0.4, -0.2) is 65.4 Å². The number of amides is 1. The molecule has 0 saturated carbocycles. The lowest BCUT2D eigenvalue weighted by Gasteiger charge is -2.33. The zero-order valence-electron chi connectivity index (χ0n) is 11.0. The zero-order chi connectivity index (χ0) is 13.7. The normalized spacial score (nSPS) is 16.6. The molecule has 6 nitrogen and oxygen atoms in total. The Kier molecular flexibility index (Phi) is 5.12. The van der Waals surface area contributed by atoms with Crippen molar-refractivity contribution < 1.29 is 14.6 Å². The standard InChI is InChI=1S/C12H19N3O3S/c1-10-13-11(9-19-10)8-14-2-4-15(5-3-14)12(17)18-7-6-16/h9,16H,2-8H2,1H3. The minimum atomic E-state index is -0.335. The van der Waals surface area contributed by atoms with Crippen molar-refractivity contribution in [2.75, 3.05) is 39.4 Å². The summed E-state index contributed by atoms with van der Waals surface area (Å²) < 4.78 is 4.90. The molecule has 1 aliphatic heterocycles. The number of aromatic nitrogens is 1. The van der Waals surface area contributed by atoms with Crippen molar-refractivity contribution in [3.63, 3.8) is 0 Å². The van der Waals surface area contributed by atoms with Gasteiger partial charge in [-0.2, -0.15) is 0 Å². The second-order valence-corrected chi connectivity index (χ2v) is 5.52. The number of carbonyl (C=O) groups excluding carboxylic acids is 1. The van der Waals surface area contributed by atoms with Crippen molar-refractivity contribution in [1.82, 2.24) is 14.8 Å². The molecule has 7 heteroatoms. The number of thiazole rings is 1. The number of aliphatic hydroxyl groups is 1. The maximum atomic E-state index is 11.6. The Morgan fingerprint density at radius 2 is 2.21 bits per heavy atom. The van der Waals surface area contributed by atoms with Crippen LogP contribution < -0.4 is 0 Å². The Balaban J connectivity index is 1.74. The molecule has 0 aromatic carbocycles. The van der Waals surface area contributed by atoms with Crippen molar-refractivity contribution in [2.45, 2.75) is 13.5 Å². The maximum absolute atomic E-state index is 11.6. The van der Waals surface area contributed by atoms with Gasteiger partial charge in [0.05, 0.1) is 17.3 Å². The number of carbonyl (C=O) groups is 1. The minimum absolute atomic E-state index is 0.0666. The highest BCUT2D eigenvalue weighted by atomic mass is 32.1. The number of nitrogens with zero attached hydrogens (tertiary/aromatic N) is 3. The molecule has 0 aliphatic carbocycles. The summed E-state index contributed by atoms with van der Waals surface area (Å²) in [6, 6.07) is 0. The first-order chi connectivity index (χ1) is 9.19. The van der Waals surface area contributed by atoms with Gasteiger partial charge >= 0.3 is 6.09 Å². The summed E-state index contributed by atoms with van der Waals surface area (Å²) in [5.74, 6) is 0. The summed E-state index contributed by atoms with van der Waals surface area (Å²) in [7, 11) is 0. The van der Waals surface area contributed by atoms with Gasteiger partial charge in [0.2, 0.25) is 0 Å². The van der Waals surface area contributed by atoms with Crippen molar-refractivity contribution >= 4 is 17.4 Å².